The number of carbonyl (C=O) groups excluding carboxylic acids is 1. The zero-order chi connectivity index (χ0) is 14.7. The molecule has 2 aromatic rings. The van der Waals surface area contributed by atoms with Crippen molar-refractivity contribution in [3.8, 4) is 0 Å². The third kappa shape index (κ3) is 3.15. The molecule has 0 aliphatic heterocycles. The Balaban J connectivity index is 2.19. The lowest BCUT2D eigenvalue weighted by atomic mass is 10.2. The van der Waals surface area contributed by atoms with Crippen LogP contribution in [0.15, 0.2) is 41.0 Å². The maximum absolute atomic E-state index is 12.6. The Hall–Kier alpha value is -2.35. The number of nitrogens with one attached hydrogen (secondary N) is 1. The van der Waals surface area contributed by atoms with Gasteiger partial charge in [0.05, 0.1) is 16.2 Å². The molecule has 6 nitrogen and oxygen atoms in total. The molecule has 102 valence electrons. The van der Waals surface area contributed by atoms with Crippen LogP contribution in [0.2, 0.25) is 0 Å². The molecular formula is C12H7BrFN3O3. The molecule has 0 radical (unpaired) electrons. The summed E-state index contributed by atoms with van der Waals surface area (Å²) in [5.74, 6) is -1.18. The van der Waals surface area contributed by atoms with Gasteiger partial charge in [-0.3, -0.25) is 14.9 Å². The molecule has 0 fully saturated rings. The van der Waals surface area contributed by atoms with Gasteiger partial charge in [-0.25, -0.2) is 4.98 Å². The number of rotatable bonds is 3. The summed E-state index contributed by atoms with van der Waals surface area (Å²) in [4.78, 5) is 25.3. The van der Waals surface area contributed by atoms with Gasteiger partial charge in [0.25, 0.3) is 11.6 Å². The highest BCUT2D eigenvalue weighted by molar-refractivity contribution is 9.10. The number of benzene rings is 1. The molecule has 20 heavy (non-hydrogen) atoms. The predicted molar refractivity (Wildman–Crippen MR) is 72.9 cm³/mol. The number of amides is 1. The number of nitrogens with zero attached hydrogens (tertiary/aromatic N) is 2. The third-order valence-electron chi connectivity index (χ3n) is 2.40. The van der Waals surface area contributed by atoms with E-state index in [0.717, 1.165) is 12.3 Å². The normalized spacial score (nSPS) is 10.1. The number of hydrogen-bond donors (Lipinski definition) is 1. The number of non-ortho nitro benzene ring substituents is 1. The molecule has 0 unspecified atom stereocenters. The van der Waals surface area contributed by atoms with Crippen LogP contribution >= 0.6 is 15.9 Å². The highest BCUT2D eigenvalue weighted by atomic mass is 79.9. The van der Waals surface area contributed by atoms with Gasteiger partial charge in [0.1, 0.15) is 0 Å². The first-order valence-corrected chi connectivity index (χ1v) is 6.13. The molecule has 0 spiro atoms. The molecule has 8 heteroatoms. The monoisotopic (exact) mass is 339 g/mol. The Bertz CT molecular complexity index is 676. The molecule has 0 saturated carbocycles. The third-order valence-corrected chi connectivity index (χ3v) is 3.06. The van der Waals surface area contributed by atoms with Crippen LogP contribution in [-0.2, 0) is 0 Å². The van der Waals surface area contributed by atoms with Gasteiger partial charge >= 0.3 is 0 Å². The van der Waals surface area contributed by atoms with Gasteiger partial charge in [0.2, 0.25) is 5.95 Å². The second-order valence-electron chi connectivity index (χ2n) is 3.74. The lowest BCUT2D eigenvalue weighted by molar-refractivity contribution is -0.384. The Labute approximate surface area is 120 Å². The number of anilines is 1. The topological polar surface area (TPSA) is 85.1 Å². The number of halogens is 2. The number of carbonyl (C=O) groups is 1. The second kappa shape index (κ2) is 5.74. The fraction of sp³-hybridized carbons (Fsp3) is 0. The predicted octanol–water partition coefficient (Wildman–Crippen LogP) is 3.14. The Morgan fingerprint density at radius 2 is 2.10 bits per heavy atom. The average molecular weight is 340 g/mol. The van der Waals surface area contributed by atoms with Crippen molar-refractivity contribution in [2.24, 2.45) is 0 Å². The summed E-state index contributed by atoms with van der Waals surface area (Å²) >= 11 is 3.13. The van der Waals surface area contributed by atoms with Crippen molar-refractivity contribution in [3.63, 3.8) is 0 Å². The number of nitro benzene ring substituents is 1. The van der Waals surface area contributed by atoms with E-state index in [1.54, 1.807) is 0 Å². The van der Waals surface area contributed by atoms with Crippen molar-refractivity contribution in [2.75, 3.05) is 5.32 Å². The van der Waals surface area contributed by atoms with Crippen LogP contribution in [0.5, 0.6) is 0 Å². The van der Waals surface area contributed by atoms with E-state index in [9.17, 15) is 19.3 Å². The van der Waals surface area contributed by atoms with Crippen molar-refractivity contribution in [2.45, 2.75) is 0 Å². The second-order valence-corrected chi connectivity index (χ2v) is 4.60. The number of hydrogen-bond acceptors (Lipinski definition) is 4. The van der Waals surface area contributed by atoms with E-state index in [1.165, 1.54) is 24.3 Å². The fourth-order valence-electron chi connectivity index (χ4n) is 1.42. The summed E-state index contributed by atoms with van der Waals surface area (Å²) in [6, 6.07) is 6.30. The molecule has 0 aliphatic rings. The van der Waals surface area contributed by atoms with Crippen LogP contribution in [0.1, 0.15) is 10.4 Å². The van der Waals surface area contributed by atoms with Crippen molar-refractivity contribution in [1.82, 2.24) is 4.98 Å². The molecule has 1 N–H and O–H groups in total. The van der Waals surface area contributed by atoms with Gasteiger partial charge in [-0.2, -0.15) is 4.39 Å². The summed E-state index contributed by atoms with van der Waals surface area (Å²) in [5.41, 5.74) is 0.444. The number of pyridine rings is 1. The largest absolute Gasteiger partial charge is 0.321 e. The lowest BCUT2D eigenvalue weighted by Gasteiger charge is -2.07. The highest BCUT2D eigenvalue weighted by Gasteiger charge is 2.12. The van der Waals surface area contributed by atoms with Gasteiger partial charge < -0.3 is 5.32 Å². The Morgan fingerprint density at radius 3 is 2.65 bits per heavy atom. The molecular weight excluding hydrogens is 333 g/mol. The van der Waals surface area contributed by atoms with Crippen LogP contribution in [0.3, 0.4) is 0 Å². The quantitative estimate of drug-likeness (QED) is 0.528. The van der Waals surface area contributed by atoms with Crippen LogP contribution in [0, 0.1) is 16.1 Å². The Morgan fingerprint density at radius 1 is 1.35 bits per heavy atom. The van der Waals surface area contributed by atoms with E-state index in [4.69, 9.17) is 0 Å². The molecule has 1 heterocycles. The Kier molecular flexibility index (Phi) is 4.04. The van der Waals surface area contributed by atoms with Gasteiger partial charge in [-0.05, 0) is 34.1 Å². The summed E-state index contributed by atoms with van der Waals surface area (Å²) in [6.07, 6.45) is 1.10. The summed E-state index contributed by atoms with van der Waals surface area (Å²) in [6.45, 7) is 0. The highest BCUT2D eigenvalue weighted by Crippen LogP contribution is 2.27. The van der Waals surface area contributed by atoms with Crippen molar-refractivity contribution < 1.29 is 14.1 Å². The van der Waals surface area contributed by atoms with Gasteiger partial charge in [-0.1, -0.05) is 0 Å². The zero-order valence-electron chi connectivity index (χ0n) is 9.84. The number of nitro groups is 1. The fourth-order valence-corrected chi connectivity index (χ4v) is 1.89. The van der Waals surface area contributed by atoms with Crippen LogP contribution in [-0.4, -0.2) is 15.8 Å². The SMILES string of the molecule is O=C(Nc1ccc([N+](=O)[O-])cc1Br)c1ccc(F)nc1. The van der Waals surface area contributed by atoms with E-state index >= 15 is 0 Å². The summed E-state index contributed by atoms with van der Waals surface area (Å²) in [7, 11) is 0. The van der Waals surface area contributed by atoms with Gasteiger partial charge in [-0.15, -0.1) is 0 Å². The van der Waals surface area contributed by atoms with Crippen molar-refractivity contribution in [1.29, 1.82) is 0 Å². The lowest BCUT2D eigenvalue weighted by Crippen LogP contribution is -2.12. The minimum Gasteiger partial charge on any atom is -0.321 e. The van der Waals surface area contributed by atoms with E-state index < -0.39 is 16.8 Å². The van der Waals surface area contributed by atoms with Crippen molar-refractivity contribution >= 4 is 33.2 Å². The van der Waals surface area contributed by atoms with E-state index in [-0.39, 0.29) is 11.3 Å². The maximum atomic E-state index is 12.6. The first-order chi connectivity index (χ1) is 9.47. The molecule has 0 aliphatic carbocycles. The van der Waals surface area contributed by atoms with Crippen LogP contribution in [0.25, 0.3) is 0 Å². The van der Waals surface area contributed by atoms with Gasteiger partial charge in [0.15, 0.2) is 0 Å². The molecule has 2 rings (SSSR count). The molecule has 0 bridgehead atoms. The molecule has 1 aromatic carbocycles. The molecule has 0 saturated heterocycles. The van der Waals surface area contributed by atoms with Crippen molar-refractivity contribution in [3.05, 3.63) is 62.6 Å². The average Bonchev–Trinajstić information content (AvgIpc) is 2.41. The first-order valence-electron chi connectivity index (χ1n) is 5.34. The van der Waals surface area contributed by atoms with E-state index in [2.05, 4.69) is 26.2 Å². The van der Waals surface area contributed by atoms with Crippen LogP contribution in [0.4, 0.5) is 15.8 Å². The molecule has 1 aromatic heterocycles. The zero-order valence-corrected chi connectivity index (χ0v) is 11.4. The summed E-state index contributed by atoms with van der Waals surface area (Å²) in [5, 5.41) is 13.1. The smallest absolute Gasteiger partial charge is 0.270 e. The first kappa shape index (κ1) is 14.1. The number of aromatic nitrogens is 1. The maximum Gasteiger partial charge on any atom is 0.270 e. The van der Waals surface area contributed by atoms with E-state index in [0.29, 0.717) is 10.2 Å². The van der Waals surface area contributed by atoms with E-state index in [1.807, 2.05) is 0 Å². The summed E-state index contributed by atoms with van der Waals surface area (Å²) < 4.78 is 13.0. The standard InChI is InChI=1S/C12H7BrFN3O3/c13-9-5-8(17(19)20)2-3-10(9)16-12(18)7-1-4-11(14)15-6-7/h1-6H,(H,16,18). The van der Waals surface area contributed by atoms with Gasteiger partial charge in [0, 0.05) is 22.8 Å². The minimum absolute atomic E-state index is 0.0988. The minimum atomic E-state index is -0.682. The molecule has 0 atom stereocenters. The molecule has 1 amide bonds. The van der Waals surface area contributed by atoms with Crippen LogP contribution < -0.4 is 5.32 Å².